The first kappa shape index (κ1) is 20.9. The topological polar surface area (TPSA) is 66.7 Å². The molecule has 7 heteroatoms. The van der Waals surface area contributed by atoms with Crippen molar-refractivity contribution in [3.05, 3.63) is 82.2 Å². The second-order valence-corrected chi connectivity index (χ2v) is 9.59. The van der Waals surface area contributed by atoms with E-state index in [0.29, 0.717) is 31.8 Å². The van der Waals surface area contributed by atoms with Crippen LogP contribution in [-0.2, 0) is 6.42 Å². The molecular weight excluding hydrogens is 446 g/mol. The van der Waals surface area contributed by atoms with Crippen molar-refractivity contribution >= 4 is 54.3 Å². The zero-order chi connectivity index (χ0) is 23.2. The number of thiazole rings is 1. The summed E-state index contributed by atoms with van der Waals surface area (Å²) >= 11 is 1.69. The largest absolute Gasteiger partial charge is 0.422 e. The maximum Gasteiger partial charge on any atom is 0.349 e. The second-order valence-electron chi connectivity index (χ2n) is 8.58. The average Bonchev–Trinajstić information content (AvgIpc) is 3.31. The van der Waals surface area contributed by atoms with Gasteiger partial charge in [-0.2, -0.15) is 0 Å². The number of anilines is 1. The minimum Gasteiger partial charge on any atom is -0.422 e. The number of carbonyl (C=O) groups excluding carboxylic acids is 1. The first-order chi connectivity index (χ1) is 16.6. The van der Waals surface area contributed by atoms with E-state index in [4.69, 9.17) is 9.40 Å². The Bertz CT molecular complexity index is 1610. The average molecular weight is 470 g/mol. The lowest BCUT2D eigenvalue weighted by Gasteiger charge is -2.34. The van der Waals surface area contributed by atoms with Crippen molar-refractivity contribution in [2.75, 3.05) is 31.1 Å². The fourth-order valence-electron chi connectivity index (χ4n) is 4.60. The van der Waals surface area contributed by atoms with Crippen LogP contribution < -0.4 is 10.5 Å². The van der Waals surface area contributed by atoms with Crippen molar-refractivity contribution < 1.29 is 9.21 Å². The number of hydrogen-bond acceptors (Lipinski definition) is 6. The van der Waals surface area contributed by atoms with Crippen LogP contribution in [0.15, 0.2) is 69.9 Å². The van der Waals surface area contributed by atoms with Gasteiger partial charge in [-0.3, -0.25) is 4.79 Å². The number of nitrogens with zero attached hydrogens (tertiary/aromatic N) is 3. The van der Waals surface area contributed by atoms with Crippen LogP contribution in [0.5, 0.6) is 0 Å². The van der Waals surface area contributed by atoms with Crippen LogP contribution in [0.2, 0.25) is 0 Å². The Morgan fingerprint density at radius 3 is 2.65 bits per heavy atom. The Morgan fingerprint density at radius 2 is 1.82 bits per heavy atom. The van der Waals surface area contributed by atoms with E-state index in [1.807, 2.05) is 30.3 Å². The fraction of sp³-hybridized carbons (Fsp3) is 0.222. The van der Waals surface area contributed by atoms with Crippen LogP contribution in [0.1, 0.15) is 22.8 Å². The van der Waals surface area contributed by atoms with Crippen molar-refractivity contribution in [2.24, 2.45) is 0 Å². The first-order valence-corrected chi connectivity index (χ1v) is 12.3. The summed E-state index contributed by atoms with van der Waals surface area (Å²) < 4.78 is 6.72. The normalized spacial score (nSPS) is 14.4. The van der Waals surface area contributed by atoms with E-state index in [1.165, 1.54) is 10.3 Å². The molecule has 0 atom stereocenters. The molecule has 1 amide bonds. The highest BCUT2D eigenvalue weighted by Crippen LogP contribution is 2.31. The monoisotopic (exact) mass is 469 g/mol. The second kappa shape index (κ2) is 8.25. The lowest BCUT2D eigenvalue weighted by Crippen LogP contribution is -2.49. The van der Waals surface area contributed by atoms with E-state index in [2.05, 4.69) is 30.0 Å². The van der Waals surface area contributed by atoms with E-state index < -0.39 is 5.63 Å². The molecule has 0 aliphatic carbocycles. The Labute approximate surface area is 200 Å². The standard InChI is InChI=1S/C27H23N3O3S/c1-2-17-7-9-22-24(15-17)34-27(28-22)30-13-11-29(12-14-30)25(31)21-16-20-19-6-4-3-5-18(19)8-10-23(20)33-26(21)32/h3-10,15-16H,2,11-14H2,1H3. The molecule has 3 heterocycles. The molecule has 1 aliphatic rings. The van der Waals surface area contributed by atoms with Gasteiger partial charge in [0.15, 0.2) is 5.13 Å². The molecule has 6 rings (SSSR count). The van der Waals surface area contributed by atoms with Gasteiger partial charge in [0.2, 0.25) is 0 Å². The van der Waals surface area contributed by atoms with Gasteiger partial charge >= 0.3 is 5.63 Å². The number of aryl methyl sites for hydroxylation is 1. The minimum atomic E-state index is -0.590. The summed E-state index contributed by atoms with van der Waals surface area (Å²) in [5.41, 5.74) is 2.31. The predicted octanol–water partition coefficient (Wildman–Crippen LogP) is 5.08. The molecule has 1 aliphatic heterocycles. The number of piperazine rings is 1. The zero-order valence-corrected chi connectivity index (χ0v) is 19.6. The van der Waals surface area contributed by atoms with Crippen molar-refractivity contribution in [3.8, 4) is 0 Å². The molecule has 0 unspecified atom stereocenters. The van der Waals surface area contributed by atoms with Gasteiger partial charge in [-0.05, 0) is 47.0 Å². The lowest BCUT2D eigenvalue weighted by molar-refractivity contribution is 0.0742. The molecule has 0 radical (unpaired) electrons. The maximum atomic E-state index is 13.3. The summed E-state index contributed by atoms with van der Waals surface area (Å²) in [7, 11) is 0. The van der Waals surface area contributed by atoms with E-state index in [9.17, 15) is 9.59 Å². The quantitative estimate of drug-likeness (QED) is 0.272. The Kier molecular flexibility index (Phi) is 5.07. The molecule has 3 aromatic carbocycles. The number of rotatable bonds is 3. The van der Waals surface area contributed by atoms with Crippen LogP contribution in [-0.4, -0.2) is 42.0 Å². The number of hydrogen-bond donors (Lipinski definition) is 0. The maximum absolute atomic E-state index is 13.3. The van der Waals surface area contributed by atoms with E-state index in [1.54, 1.807) is 28.4 Å². The predicted molar refractivity (Wildman–Crippen MR) is 137 cm³/mol. The molecular formula is C27H23N3O3S. The molecule has 6 nitrogen and oxygen atoms in total. The summed E-state index contributed by atoms with van der Waals surface area (Å²) in [5.74, 6) is -0.278. The van der Waals surface area contributed by atoms with Gasteiger partial charge in [-0.15, -0.1) is 0 Å². The number of fused-ring (bicyclic) bond motifs is 4. The third-order valence-corrected chi connectivity index (χ3v) is 7.64. The van der Waals surface area contributed by atoms with Crippen molar-refractivity contribution in [2.45, 2.75) is 13.3 Å². The highest BCUT2D eigenvalue weighted by Gasteiger charge is 2.26. The fourth-order valence-corrected chi connectivity index (χ4v) is 5.68. The minimum absolute atomic E-state index is 0.0874. The van der Waals surface area contributed by atoms with Gasteiger partial charge in [0, 0.05) is 31.6 Å². The van der Waals surface area contributed by atoms with Gasteiger partial charge in [0.05, 0.1) is 10.2 Å². The Balaban J connectivity index is 1.25. The lowest BCUT2D eigenvalue weighted by atomic mass is 10.0. The highest BCUT2D eigenvalue weighted by molar-refractivity contribution is 7.22. The zero-order valence-electron chi connectivity index (χ0n) is 18.8. The molecule has 5 aromatic rings. The smallest absolute Gasteiger partial charge is 0.349 e. The molecule has 170 valence electrons. The molecule has 0 saturated carbocycles. The summed E-state index contributed by atoms with van der Waals surface area (Å²) in [6.07, 6.45) is 1.00. The highest BCUT2D eigenvalue weighted by atomic mass is 32.1. The van der Waals surface area contributed by atoms with Crippen LogP contribution in [0.25, 0.3) is 32.0 Å². The van der Waals surface area contributed by atoms with Gasteiger partial charge in [0.25, 0.3) is 5.91 Å². The SMILES string of the molecule is CCc1ccc2nc(N3CCN(C(=O)c4cc5c(ccc6ccccc65)oc4=O)CC3)sc2c1. The molecule has 0 spiro atoms. The molecule has 1 saturated heterocycles. The first-order valence-electron chi connectivity index (χ1n) is 11.5. The van der Waals surface area contributed by atoms with Gasteiger partial charge in [-0.1, -0.05) is 54.7 Å². The Morgan fingerprint density at radius 1 is 1.00 bits per heavy atom. The van der Waals surface area contributed by atoms with Crippen LogP contribution in [0.3, 0.4) is 0 Å². The van der Waals surface area contributed by atoms with Crippen molar-refractivity contribution in [3.63, 3.8) is 0 Å². The summed E-state index contributed by atoms with van der Waals surface area (Å²) in [5, 5.41) is 3.76. The van der Waals surface area contributed by atoms with Gasteiger partial charge in [0.1, 0.15) is 11.1 Å². The third-order valence-electron chi connectivity index (χ3n) is 6.56. The number of aromatic nitrogens is 1. The van der Waals surface area contributed by atoms with Crippen molar-refractivity contribution in [1.29, 1.82) is 0 Å². The molecule has 0 bridgehead atoms. The van der Waals surface area contributed by atoms with Crippen LogP contribution >= 0.6 is 11.3 Å². The van der Waals surface area contributed by atoms with Crippen molar-refractivity contribution in [1.82, 2.24) is 9.88 Å². The molecule has 2 aromatic heterocycles. The molecule has 0 N–H and O–H groups in total. The summed E-state index contributed by atoms with van der Waals surface area (Å²) in [6.45, 7) is 4.56. The summed E-state index contributed by atoms with van der Waals surface area (Å²) in [4.78, 5) is 34.7. The molecule has 1 fully saturated rings. The Hall–Kier alpha value is -3.71. The number of carbonyl (C=O) groups is 1. The number of amides is 1. The van der Waals surface area contributed by atoms with Crippen LogP contribution in [0, 0.1) is 0 Å². The third kappa shape index (κ3) is 3.53. The number of benzene rings is 3. The van der Waals surface area contributed by atoms with Crippen LogP contribution in [0.4, 0.5) is 5.13 Å². The van der Waals surface area contributed by atoms with E-state index >= 15 is 0 Å². The van der Waals surface area contributed by atoms with Gasteiger partial charge < -0.3 is 14.2 Å². The van der Waals surface area contributed by atoms with Gasteiger partial charge in [-0.25, -0.2) is 9.78 Å². The molecule has 34 heavy (non-hydrogen) atoms. The van der Waals surface area contributed by atoms with E-state index in [0.717, 1.165) is 33.2 Å². The summed E-state index contributed by atoms with van der Waals surface area (Å²) in [6, 6.07) is 19.7. The van der Waals surface area contributed by atoms with E-state index in [-0.39, 0.29) is 11.5 Å².